The second kappa shape index (κ2) is 13.6. The normalized spacial score (nSPS) is 27.8. The van der Waals surface area contributed by atoms with Crippen LogP contribution in [0.15, 0.2) is 42.5 Å². The van der Waals surface area contributed by atoms with Gasteiger partial charge in [0.1, 0.15) is 28.9 Å². The van der Waals surface area contributed by atoms with Crippen molar-refractivity contribution in [1.82, 2.24) is 30.5 Å². The zero-order valence-electron chi connectivity index (χ0n) is 27.2. The first-order chi connectivity index (χ1) is 21.9. The molecule has 3 heterocycles. The number of carboxylic acid groups (broad SMARTS) is 1. The number of nitrogens with one attached hydrogen (secondary N) is 2. The number of carbonyl (C=O) groups excluding carboxylic acids is 3. The number of alkyl carbamates (subject to hydrolysis) is 1. The van der Waals surface area contributed by atoms with Crippen molar-refractivity contribution in [1.29, 1.82) is 0 Å². The minimum Gasteiger partial charge on any atom is -0.479 e. The maximum absolute atomic E-state index is 14.3. The average molecular weight is 635 g/mol. The van der Waals surface area contributed by atoms with Crippen LogP contribution in [-0.4, -0.2) is 78.6 Å². The van der Waals surface area contributed by atoms with E-state index < -0.39 is 53.1 Å². The highest BCUT2D eigenvalue weighted by Crippen LogP contribution is 2.45. The Bertz CT molecular complexity index is 1470. The van der Waals surface area contributed by atoms with Gasteiger partial charge in [0.15, 0.2) is 0 Å². The molecule has 0 radical (unpaired) electrons. The summed E-state index contributed by atoms with van der Waals surface area (Å²) in [5, 5.41) is 25.4. The summed E-state index contributed by atoms with van der Waals surface area (Å²) < 4.78 is 5.48. The molecule has 1 saturated carbocycles. The van der Waals surface area contributed by atoms with Crippen LogP contribution in [0.3, 0.4) is 0 Å². The van der Waals surface area contributed by atoms with Gasteiger partial charge in [-0.2, -0.15) is 15.0 Å². The number of aromatic nitrogens is 3. The zero-order chi connectivity index (χ0) is 33.1. The lowest BCUT2D eigenvalue weighted by atomic mass is 10.0. The van der Waals surface area contributed by atoms with Crippen molar-refractivity contribution in [3.63, 3.8) is 0 Å². The van der Waals surface area contributed by atoms with Gasteiger partial charge in [-0.25, -0.2) is 9.59 Å². The van der Waals surface area contributed by atoms with E-state index in [1.807, 2.05) is 42.5 Å². The first-order valence-corrected chi connectivity index (χ1v) is 16.4. The third-order valence-electron chi connectivity index (χ3n) is 8.89. The maximum Gasteiger partial charge on any atom is 0.408 e. The summed E-state index contributed by atoms with van der Waals surface area (Å²) in [4.78, 5) is 56.6. The van der Waals surface area contributed by atoms with Crippen LogP contribution in [0.5, 0.6) is 0 Å². The fraction of sp³-hybridized carbons (Fsp3) is 0.588. The number of hydrogen-bond donors (Lipinski definition) is 3. The summed E-state index contributed by atoms with van der Waals surface area (Å²) >= 11 is 0. The number of aliphatic carboxylic acids is 1. The molecule has 0 bridgehead atoms. The molecule has 12 nitrogen and oxygen atoms in total. The minimum absolute atomic E-state index is 0.126. The van der Waals surface area contributed by atoms with Crippen LogP contribution in [0.2, 0.25) is 0 Å². The molecular formula is C34H46N6O6. The van der Waals surface area contributed by atoms with Crippen molar-refractivity contribution in [3.8, 4) is 11.3 Å². The average Bonchev–Trinajstić information content (AvgIpc) is 3.31. The number of rotatable bonds is 6. The Morgan fingerprint density at radius 2 is 1.89 bits per heavy atom. The maximum atomic E-state index is 14.3. The van der Waals surface area contributed by atoms with Crippen LogP contribution in [0, 0.1) is 5.92 Å². The Morgan fingerprint density at radius 1 is 1.13 bits per heavy atom. The number of nitrogens with zero attached hydrogens (tertiary/aromatic N) is 4. The van der Waals surface area contributed by atoms with Gasteiger partial charge in [0, 0.05) is 24.4 Å². The van der Waals surface area contributed by atoms with Crippen molar-refractivity contribution >= 4 is 23.9 Å². The van der Waals surface area contributed by atoms with Gasteiger partial charge in [0.2, 0.25) is 11.8 Å². The highest BCUT2D eigenvalue weighted by Gasteiger charge is 2.61. The molecule has 0 unspecified atom stereocenters. The van der Waals surface area contributed by atoms with E-state index in [4.69, 9.17) is 14.9 Å². The highest BCUT2D eigenvalue weighted by molar-refractivity contribution is 5.96. The lowest BCUT2D eigenvalue weighted by molar-refractivity contribution is -0.145. The first kappa shape index (κ1) is 33.2. The predicted molar refractivity (Wildman–Crippen MR) is 171 cm³/mol. The van der Waals surface area contributed by atoms with Gasteiger partial charge in [0.05, 0.1) is 11.7 Å². The molecule has 46 heavy (non-hydrogen) atoms. The number of hydrogen-bond acceptors (Lipinski definition) is 7. The molecule has 2 aliphatic heterocycles. The number of allylic oxidation sites excluding steroid dienone is 1. The smallest absolute Gasteiger partial charge is 0.408 e. The predicted octanol–water partition coefficient (Wildman–Crippen LogP) is 4.41. The number of fused-ring (bicyclic) bond motifs is 2. The molecule has 3 aliphatic rings. The van der Waals surface area contributed by atoms with Gasteiger partial charge in [-0.05, 0) is 52.9 Å². The van der Waals surface area contributed by atoms with Crippen molar-refractivity contribution in [2.24, 2.45) is 5.92 Å². The summed E-state index contributed by atoms with van der Waals surface area (Å²) in [6.45, 7) is 7.45. The zero-order valence-corrected chi connectivity index (χ0v) is 27.2. The molecule has 1 aromatic carbocycles. The number of aryl methyl sites for hydroxylation is 1. The minimum atomic E-state index is -1.41. The van der Waals surface area contributed by atoms with Crippen LogP contribution in [-0.2, 0) is 25.5 Å². The van der Waals surface area contributed by atoms with Crippen molar-refractivity contribution in [3.05, 3.63) is 48.2 Å². The van der Waals surface area contributed by atoms with Crippen LogP contribution >= 0.6 is 0 Å². The third-order valence-corrected chi connectivity index (χ3v) is 8.89. The number of amides is 3. The summed E-state index contributed by atoms with van der Waals surface area (Å²) in [7, 11) is 0. The molecule has 2 fully saturated rings. The van der Waals surface area contributed by atoms with Gasteiger partial charge < -0.3 is 25.4 Å². The number of benzene rings is 1. The molecule has 12 heteroatoms. The molecule has 0 spiro atoms. The van der Waals surface area contributed by atoms with Gasteiger partial charge in [-0.1, -0.05) is 68.7 Å². The summed E-state index contributed by atoms with van der Waals surface area (Å²) in [6.07, 6.45) is 8.70. The molecule has 3 N–H and O–H groups in total. The molecule has 1 aliphatic carbocycles. The number of ether oxygens (including phenoxy) is 1. The quantitative estimate of drug-likeness (QED) is 0.395. The molecule has 2 aromatic rings. The van der Waals surface area contributed by atoms with Crippen LogP contribution < -0.4 is 10.6 Å². The molecule has 248 valence electrons. The number of carbonyl (C=O) groups is 4. The Morgan fingerprint density at radius 3 is 2.59 bits per heavy atom. The molecular weight excluding hydrogens is 588 g/mol. The molecule has 3 amide bonds. The topological polar surface area (TPSA) is 156 Å². The van der Waals surface area contributed by atoms with Crippen molar-refractivity contribution in [2.75, 3.05) is 6.54 Å². The SMILES string of the molecule is CCCc1nn([C@H]2C[C@H]3C(=O)N[C@@]4(C(=O)O)C[C@@H]4/C=C\CCCCC[C@@H](NC(=O)OC(C)(C)C)C(=O)N3C2)nc1-c1ccccc1. The van der Waals surface area contributed by atoms with Gasteiger partial charge >= 0.3 is 12.1 Å². The van der Waals surface area contributed by atoms with Gasteiger partial charge in [-0.3, -0.25) is 9.59 Å². The monoisotopic (exact) mass is 634 g/mol. The second-order valence-electron chi connectivity index (χ2n) is 13.7. The summed E-state index contributed by atoms with van der Waals surface area (Å²) in [6, 6.07) is 7.42. The molecule has 5 rings (SSSR count). The van der Waals surface area contributed by atoms with E-state index in [1.165, 1.54) is 4.90 Å². The van der Waals surface area contributed by atoms with E-state index in [1.54, 1.807) is 25.6 Å². The fourth-order valence-corrected chi connectivity index (χ4v) is 6.44. The van der Waals surface area contributed by atoms with E-state index in [0.717, 1.165) is 42.6 Å². The van der Waals surface area contributed by atoms with E-state index in [2.05, 4.69) is 17.6 Å². The summed E-state index contributed by atoms with van der Waals surface area (Å²) in [5.74, 6) is -2.37. The number of carboxylic acids is 1. The standard InChI is InChI=1S/C34H46N6O6/c1-5-14-25-28(22-15-10-9-11-16-22)38-40(37-25)24-19-27-29(41)36-34(31(43)44)20-23(34)17-12-7-6-8-13-18-26(30(42)39(27)21-24)35-32(45)46-33(2,3)4/h9-12,15-17,23-24,26-27H,5-8,13-14,18-21H2,1-4H3,(H,35,45)(H,36,41)(H,43,44)/b17-12-/t23-,24-,26+,27-,34-/m0/s1. The van der Waals surface area contributed by atoms with Gasteiger partial charge in [0.25, 0.3) is 0 Å². The Kier molecular flexibility index (Phi) is 9.83. The molecule has 5 atom stereocenters. The molecule has 1 aromatic heterocycles. The Labute approximate surface area is 269 Å². The fourth-order valence-electron chi connectivity index (χ4n) is 6.44. The highest BCUT2D eigenvalue weighted by atomic mass is 16.6. The molecule has 1 saturated heterocycles. The van der Waals surface area contributed by atoms with E-state index in [-0.39, 0.29) is 18.9 Å². The first-order valence-electron chi connectivity index (χ1n) is 16.4. The summed E-state index contributed by atoms with van der Waals surface area (Å²) in [5.41, 5.74) is 0.343. The van der Waals surface area contributed by atoms with Gasteiger partial charge in [-0.15, -0.1) is 0 Å². The van der Waals surface area contributed by atoms with Crippen molar-refractivity contribution < 1.29 is 29.0 Å². The lowest BCUT2D eigenvalue weighted by Gasteiger charge is -2.30. The van der Waals surface area contributed by atoms with E-state index in [9.17, 15) is 24.3 Å². The second-order valence-corrected chi connectivity index (χ2v) is 13.7. The van der Waals surface area contributed by atoms with Crippen LogP contribution in [0.25, 0.3) is 11.3 Å². The third kappa shape index (κ3) is 7.42. The van der Waals surface area contributed by atoms with Crippen LogP contribution in [0.1, 0.15) is 90.8 Å². The van der Waals surface area contributed by atoms with E-state index in [0.29, 0.717) is 25.7 Å². The van der Waals surface area contributed by atoms with Crippen molar-refractivity contribution in [2.45, 2.75) is 115 Å². The Hall–Kier alpha value is -4.22. The Balaban J connectivity index is 1.48. The van der Waals surface area contributed by atoms with E-state index >= 15 is 0 Å². The van der Waals surface area contributed by atoms with Crippen LogP contribution in [0.4, 0.5) is 4.79 Å². The lowest BCUT2D eigenvalue weighted by Crippen LogP contribution is -2.56. The largest absolute Gasteiger partial charge is 0.479 e.